The van der Waals surface area contributed by atoms with Crippen molar-refractivity contribution in [3.8, 4) is 0 Å². The molecule has 0 saturated carbocycles. The summed E-state index contributed by atoms with van der Waals surface area (Å²) < 4.78 is 54.2. The number of carbonyl (C=O) groups is 2. The van der Waals surface area contributed by atoms with Crippen molar-refractivity contribution in [1.82, 2.24) is 30.6 Å². The number of primary amides is 1. The molecule has 6 rings (SSSR count). The minimum absolute atomic E-state index is 0.0768. The quantitative estimate of drug-likeness (QED) is 0.122. The molecule has 4 heterocycles. The molecule has 0 aliphatic carbocycles. The molecule has 2 aromatic carbocycles. The van der Waals surface area contributed by atoms with E-state index in [4.69, 9.17) is 15.2 Å². The maximum atomic E-state index is 15.2. The number of aromatic amines is 1. The molecule has 50 heavy (non-hydrogen) atoms. The summed E-state index contributed by atoms with van der Waals surface area (Å²) in [6, 6.07) is 11.5. The molecule has 1 aliphatic rings. The highest BCUT2D eigenvalue weighted by molar-refractivity contribution is 5.85. The number of hydrogen-bond acceptors (Lipinski definition) is 9. The zero-order valence-corrected chi connectivity index (χ0v) is 26.7. The number of pyridine rings is 2. The predicted molar refractivity (Wildman–Crippen MR) is 177 cm³/mol. The van der Waals surface area contributed by atoms with Gasteiger partial charge in [-0.3, -0.25) is 14.8 Å². The highest BCUT2D eigenvalue weighted by atomic mass is 19.1. The first-order valence-corrected chi connectivity index (χ1v) is 16.0. The molecule has 1 fully saturated rings. The molecule has 3 aromatic heterocycles. The van der Waals surface area contributed by atoms with Gasteiger partial charge in [-0.15, -0.1) is 0 Å². The van der Waals surface area contributed by atoms with Crippen LogP contribution in [0.5, 0.6) is 0 Å². The van der Waals surface area contributed by atoms with Gasteiger partial charge in [0.05, 0.1) is 60.6 Å². The number of fused-ring (bicyclic) bond motifs is 1. The molecular weight excluding hydrogens is 653 g/mol. The molecule has 12 nitrogen and oxygen atoms in total. The molecule has 15 heteroatoms. The largest absolute Gasteiger partial charge is 0.448 e. The minimum atomic E-state index is -1.13. The lowest BCUT2D eigenvalue weighted by atomic mass is 9.84. The minimum Gasteiger partial charge on any atom is -0.448 e. The fraction of sp³-hybridized carbons (Fsp3) is 0.286. The second-order valence-electron chi connectivity index (χ2n) is 11.9. The Bertz CT molecular complexity index is 1840. The van der Waals surface area contributed by atoms with E-state index in [-0.39, 0.29) is 49.6 Å². The Labute approximate surface area is 285 Å². The van der Waals surface area contributed by atoms with Crippen molar-refractivity contribution in [3.05, 3.63) is 119 Å². The van der Waals surface area contributed by atoms with Gasteiger partial charge in [-0.1, -0.05) is 24.3 Å². The monoisotopic (exact) mass is 688 g/mol. The number of morpholine rings is 1. The smallest absolute Gasteiger partial charge is 0.407 e. The number of amides is 2. The van der Waals surface area contributed by atoms with Gasteiger partial charge in [0.2, 0.25) is 5.91 Å². The zero-order valence-electron chi connectivity index (χ0n) is 26.7. The number of H-pyrrole nitrogens is 1. The number of nitrogens with zero attached hydrogens (tertiary/aromatic N) is 3. The number of hydrogen-bond donors (Lipinski definition) is 5. The van der Waals surface area contributed by atoms with E-state index >= 15 is 4.39 Å². The van der Waals surface area contributed by atoms with E-state index in [2.05, 4.69) is 35.9 Å². The maximum Gasteiger partial charge on any atom is 0.407 e. The van der Waals surface area contributed by atoms with Crippen LogP contribution < -0.4 is 21.7 Å². The fourth-order valence-corrected chi connectivity index (χ4v) is 5.89. The van der Waals surface area contributed by atoms with Crippen LogP contribution in [0.3, 0.4) is 0 Å². The molecule has 0 unspecified atom stereocenters. The molecule has 1 aliphatic heterocycles. The number of nitrogens with one attached hydrogen (secondary N) is 4. The summed E-state index contributed by atoms with van der Waals surface area (Å²) in [6.07, 6.45) is 5.55. The molecule has 260 valence electrons. The lowest BCUT2D eigenvalue weighted by molar-refractivity contribution is -0.119. The van der Waals surface area contributed by atoms with E-state index < -0.39 is 41.4 Å². The molecule has 0 radical (unpaired) electrons. The Morgan fingerprint density at radius 2 is 1.70 bits per heavy atom. The average molecular weight is 689 g/mol. The van der Waals surface area contributed by atoms with Crippen LogP contribution in [-0.2, 0) is 27.2 Å². The van der Waals surface area contributed by atoms with Crippen molar-refractivity contribution in [2.75, 3.05) is 25.1 Å². The number of nitrogens with two attached hydrogens (primary N) is 1. The SMILES string of the molecule is NC(=O)[C@@H](Nc1cncc(F)c1CC[C@@H]1CN[C@H](COC(=O)NCc2nc3ccncc3[nH]2)CO1)C(c1ccc(F)cc1)c1ccc(F)cc1. The summed E-state index contributed by atoms with van der Waals surface area (Å²) in [6.45, 7) is 0.928. The van der Waals surface area contributed by atoms with Gasteiger partial charge >= 0.3 is 6.09 Å². The van der Waals surface area contributed by atoms with Crippen LogP contribution in [0.15, 0.2) is 79.4 Å². The number of imidazole rings is 1. The number of aromatic nitrogens is 4. The number of anilines is 1. The van der Waals surface area contributed by atoms with Crippen molar-refractivity contribution in [1.29, 1.82) is 0 Å². The normalized spacial score (nSPS) is 16.6. The fourth-order valence-electron chi connectivity index (χ4n) is 5.89. The van der Waals surface area contributed by atoms with Crippen LogP contribution in [-0.4, -0.2) is 69.9 Å². The predicted octanol–water partition coefficient (Wildman–Crippen LogP) is 4.08. The lowest BCUT2D eigenvalue weighted by Crippen LogP contribution is -2.49. The summed E-state index contributed by atoms with van der Waals surface area (Å²) in [4.78, 5) is 40.6. The van der Waals surface area contributed by atoms with Crippen molar-refractivity contribution in [2.24, 2.45) is 5.73 Å². The Morgan fingerprint density at radius 1 is 0.980 bits per heavy atom. The highest BCUT2D eigenvalue weighted by Gasteiger charge is 2.31. The van der Waals surface area contributed by atoms with E-state index in [9.17, 15) is 18.4 Å². The van der Waals surface area contributed by atoms with Gasteiger partial charge in [0.15, 0.2) is 0 Å². The topological polar surface area (TPSA) is 169 Å². The summed E-state index contributed by atoms with van der Waals surface area (Å²) in [7, 11) is 0. The number of benzene rings is 2. The van der Waals surface area contributed by atoms with Crippen LogP contribution >= 0.6 is 0 Å². The molecule has 2 amide bonds. The van der Waals surface area contributed by atoms with Crippen LogP contribution in [0.25, 0.3) is 11.0 Å². The first-order chi connectivity index (χ1) is 24.2. The first-order valence-electron chi connectivity index (χ1n) is 16.0. The molecule has 5 aromatic rings. The van der Waals surface area contributed by atoms with Gasteiger partial charge in [-0.2, -0.15) is 0 Å². The summed E-state index contributed by atoms with van der Waals surface area (Å²) in [5, 5.41) is 9.03. The van der Waals surface area contributed by atoms with Gasteiger partial charge < -0.3 is 36.1 Å². The number of ether oxygens (including phenoxy) is 2. The van der Waals surface area contributed by atoms with Crippen LogP contribution in [0.1, 0.15) is 34.9 Å². The van der Waals surface area contributed by atoms with Gasteiger partial charge in [-0.05, 0) is 54.3 Å². The third-order valence-electron chi connectivity index (χ3n) is 8.45. The Hall–Kier alpha value is -5.54. The number of carbonyl (C=O) groups excluding carboxylic acids is 2. The van der Waals surface area contributed by atoms with Gasteiger partial charge in [0.25, 0.3) is 0 Å². The van der Waals surface area contributed by atoms with Crippen molar-refractivity contribution in [2.45, 2.75) is 43.5 Å². The van der Waals surface area contributed by atoms with E-state index in [1.54, 1.807) is 18.5 Å². The van der Waals surface area contributed by atoms with Gasteiger partial charge in [-0.25, -0.2) is 22.9 Å². The maximum absolute atomic E-state index is 15.2. The Morgan fingerprint density at radius 3 is 2.34 bits per heavy atom. The Balaban J connectivity index is 1.04. The molecule has 0 bridgehead atoms. The summed E-state index contributed by atoms with van der Waals surface area (Å²) in [5.74, 6) is -2.47. The standard InChI is InChI=1S/C35H35F3N8O4/c36-22-5-1-20(2-6-22)32(21-3-7-23(37)8-4-21)33(34(39)47)46-29-15-41-14-27(38)26(29)10-9-25-13-42-24(18-49-25)19-50-35(48)43-17-31-44-28-11-12-40-16-30(28)45-31/h1-8,11-12,14-16,24-25,32-33,42,46H,9-10,13,17-19H2,(H2,39,47)(H,43,48)(H,44,45)/t24-,25+,33-/m0/s1. The second kappa shape index (κ2) is 15.8. The van der Waals surface area contributed by atoms with Crippen LogP contribution in [0.4, 0.5) is 23.7 Å². The molecule has 0 spiro atoms. The van der Waals surface area contributed by atoms with E-state index in [1.165, 1.54) is 54.7 Å². The number of halogens is 3. The average Bonchev–Trinajstić information content (AvgIpc) is 3.54. The zero-order chi connectivity index (χ0) is 35.0. The van der Waals surface area contributed by atoms with Gasteiger partial charge in [0.1, 0.15) is 35.9 Å². The van der Waals surface area contributed by atoms with E-state index in [1.807, 2.05) is 0 Å². The summed E-state index contributed by atoms with van der Waals surface area (Å²) >= 11 is 0. The van der Waals surface area contributed by atoms with Crippen molar-refractivity contribution < 1.29 is 32.2 Å². The van der Waals surface area contributed by atoms with Crippen LogP contribution in [0, 0.1) is 17.5 Å². The summed E-state index contributed by atoms with van der Waals surface area (Å²) in [5.41, 5.74) is 9.00. The highest BCUT2D eigenvalue weighted by Crippen LogP contribution is 2.32. The van der Waals surface area contributed by atoms with E-state index in [0.29, 0.717) is 29.9 Å². The number of rotatable bonds is 13. The third-order valence-corrected chi connectivity index (χ3v) is 8.45. The lowest BCUT2D eigenvalue weighted by Gasteiger charge is -2.31. The van der Waals surface area contributed by atoms with Gasteiger partial charge in [0, 0.05) is 24.2 Å². The van der Waals surface area contributed by atoms with Crippen molar-refractivity contribution >= 4 is 28.7 Å². The molecule has 1 saturated heterocycles. The first kappa shape index (κ1) is 34.3. The number of alkyl carbamates (subject to hydrolysis) is 1. The molecular formula is C35H35F3N8O4. The molecule has 3 atom stereocenters. The van der Waals surface area contributed by atoms with Crippen molar-refractivity contribution in [3.63, 3.8) is 0 Å². The van der Waals surface area contributed by atoms with Crippen LogP contribution in [0.2, 0.25) is 0 Å². The third kappa shape index (κ3) is 8.54. The van der Waals surface area contributed by atoms with E-state index in [0.717, 1.165) is 17.2 Å². The Kier molecular flexibility index (Phi) is 10.8. The molecule has 6 N–H and O–H groups in total. The second-order valence-corrected chi connectivity index (χ2v) is 11.9.